The highest BCUT2D eigenvalue weighted by Crippen LogP contribution is 2.21. The van der Waals surface area contributed by atoms with Gasteiger partial charge in [-0.15, -0.1) is 0 Å². The van der Waals surface area contributed by atoms with Gasteiger partial charge in [-0.05, 0) is 61.2 Å². The van der Waals surface area contributed by atoms with E-state index in [0.29, 0.717) is 0 Å². The standard InChI is InChI=1S/C17H22N2/c1-3-4-5-14-6-8-16(9-7-14)19-17-11-13(2)10-15(18)12-17/h6-12,19H,3-5,18H2,1-2H3. The molecule has 0 heterocycles. The van der Waals surface area contributed by atoms with E-state index in [1.807, 2.05) is 12.1 Å². The Morgan fingerprint density at radius 1 is 1.00 bits per heavy atom. The van der Waals surface area contributed by atoms with Gasteiger partial charge in [0.2, 0.25) is 0 Å². The number of hydrogen-bond donors (Lipinski definition) is 2. The van der Waals surface area contributed by atoms with E-state index >= 15 is 0 Å². The summed E-state index contributed by atoms with van der Waals surface area (Å²) in [6.45, 7) is 4.27. The average molecular weight is 254 g/mol. The number of nitrogens with one attached hydrogen (secondary N) is 1. The fourth-order valence-electron chi connectivity index (χ4n) is 2.19. The summed E-state index contributed by atoms with van der Waals surface area (Å²) in [7, 11) is 0. The number of unbranched alkanes of at least 4 members (excludes halogenated alkanes) is 1. The van der Waals surface area contributed by atoms with Gasteiger partial charge in [0.05, 0.1) is 0 Å². The van der Waals surface area contributed by atoms with E-state index in [-0.39, 0.29) is 0 Å². The lowest BCUT2D eigenvalue weighted by Gasteiger charge is -2.09. The third-order valence-corrected chi connectivity index (χ3v) is 3.16. The second kappa shape index (κ2) is 6.28. The summed E-state index contributed by atoms with van der Waals surface area (Å²) in [6.07, 6.45) is 3.65. The Kier molecular flexibility index (Phi) is 4.45. The maximum Gasteiger partial charge on any atom is 0.0407 e. The van der Waals surface area contributed by atoms with Gasteiger partial charge in [0, 0.05) is 17.1 Å². The molecule has 0 aliphatic carbocycles. The molecule has 0 bridgehead atoms. The van der Waals surface area contributed by atoms with E-state index in [9.17, 15) is 0 Å². The van der Waals surface area contributed by atoms with Crippen molar-refractivity contribution in [2.24, 2.45) is 0 Å². The predicted molar refractivity (Wildman–Crippen MR) is 83.9 cm³/mol. The zero-order valence-electron chi connectivity index (χ0n) is 11.7. The second-order valence-corrected chi connectivity index (χ2v) is 5.06. The highest BCUT2D eigenvalue weighted by Gasteiger charge is 1.98. The molecular weight excluding hydrogens is 232 g/mol. The topological polar surface area (TPSA) is 38.0 Å². The number of nitrogen functional groups attached to an aromatic ring is 1. The van der Waals surface area contributed by atoms with Crippen LogP contribution in [0.2, 0.25) is 0 Å². The van der Waals surface area contributed by atoms with E-state index in [1.165, 1.54) is 24.0 Å². The van der Waals surface area contributed by atoms with Crippen LogP contribution < -0.4 is 11.1 Å². The molecule has 3 N–H and O–H groups in total. The summed E-state index contributed by atoms with van der Waals surface area (Å²) >= 11 is 0. The molecule has 100 valence electrons. The molecule has 2 aromatic rings. The van der Waals surface area contributed by atoms with Crippen LogP contribution in [0.5, 0.6) is 0 Å². The lowest BCUT2D eigenvalue weighted by Crippen LogP contribution is -1.94. The Hall–Kier alpha value is -1.96. The zero-order valence-corrected chi connectivity index (χ0v) is 11.7. The van der Waals surface area contributed by atoms with Crippen molar-refractivity contribution < 1.29 is 0 Å². The summed E-state index contributed by atoms with van der Waals surface area (Å²) in [4.78, 5) is 0. The van der Waals surface area contributed by atoms with Crippen molar-refractivity contribution in [3.8, 4) is 0 Å². The second-order valence-electron chi connectivity index (χ2n) is 5.06. The Balaban J connectivity index is 2.06. The molecule has 0 atom stereocenters. The first-order chi connectivity index (χ1) is 9.17. The molecule has 0 aliphatic rings. The fourth-order valence-corrected chi connectivity index (χ4v) is 2.19. The first-order valence-corrected chi connectivity index (χ1v) is 6.90. The van der Waals surface area contributed by atoms with Crippen LogP contribution in [0.25, 0.3) is 0 Å². The van der Waals surface area contributed by atoms with Crippen LogP contribution in [0.1, 0.15) is 30.9 Å². The maximum atomic E-state index is 5.85. The lowest BCUT2D eigenvalue weighted by molar-refractivity contribution is 0.795. The van der Waals surface area contributed by atoms with Crippen LogP contribution in [0, 0.1) is 6.92 Å². The zero-order chi connectivity index (χ0) is 13.7. The molecule has 0 aromatic heterocycles. The van der Waals surface area contributed by atoms with Gasteiger partial charge in [-0.3, -0.25) is 0 Å². The number of hydrogen-bond acceptors (Lipinski definition) is 2. The molecule has 2 aromatic carbocycles. The summed E-state index contributed by atoms with van der Waals surface area (Å²) in [5.74, 6) is 0. The van der Waals surface area contributed by atoms with Gasteiger partial charge in [0.1, 0.15) is 0 Å². The molecule has 0 amide bonds. The minimum absolute atomic E-state index is 0.794. The number of aryl methyl sites for hydroxylation is 2. The van der Waals surface area contributed by atoms with Crippen LogP contribution in [0.3, 0.4) is 0 Å². The molecule has 0 saturated heterocycles. The van der Waals surface area contributed by atoms with E-state index in [0.717, 1.165) is 23.5 Å². The normalized spacial score (nSPS) is 10.4. The van der Waals surface area contributed by atoms with Crippen molar-refractivity contribution in [1.29, 1.82) is 0 Å². The number of benzene rings is 2. The first-order valence-electron chi connectivity index (χ1n) is 6.90. The smallest absolute Gasteiger partial charge is 0.0407 e. The molecule has 19 heavy (non-hydrogen) atoms. The summed E-state index contributed by atoms with van der Waals surface area (Å²) in [5, 5.41) is 3.39. The molecule has 0 saturated carbocycles. The highest BCUT2D eigenvalue weighted by molar-refractivity contribution is 5.65. The lowest BCUT2D eigenvalue weighted by atomic mass is 10.1. The molecule has 0 spiro atoms. The molecule has 2 nitrogen and oxygen atoms in total. The van der Waals surface area contributed by atoms with Gasteiger partial charge in [-0.2, -0.15) is 0 Å². The fraction of sp³-hybridized carbons (Fsp3) is 0.294. The summed E-state index contributed by atoms with van der Waals surface area (Å²) < 4.78 is 0. The van der Waals surface area contributed by atoms with Crippen molar-refractivity contribution in [1.82, 2.24) is 0 Å². The van der Waals surface area contributed by atoms with E-state index in [2.05, 4.69) is 49.5 Å². The molecule has 0 fully saturated rings. The molecule has 2 rings (SSSR count). The summed E-state index contributed by atoms with van der Waals surface area (Å²) in [6, 6.07) is 14.7. The molecule has 0 aliphatic heterocycles. The predicted octanol–water partition coefficient (Wildman–Crippen LogP) is 4.66. The van der Waals surface area contributed by atoms with Crippen LogP contribution in [-0.4, -0.2) is 0 Å². The Morgan fingerprint density at radius 3 is 2.37 bits per heavy atom. The van der Waals surface area contributed by atoms with Gasteiger partial charge in [-0.25, -0.2) is 0 Å². The molecular formula is C17H22N2. The number of nitrogens with two attached hydrogens (primary N) is 1. The maximum absolute atomic E-state index is 5.85. The van der Waals surface area contributed by atoms with Crippen LogP contribution >= 0.6 is 0 Å². The first kappa shape index (κ1) is 13.5. The van der Waals surface area contributed by atoms with Crippen molar-refractivity contribution in [2.75, 3.05) is 11.1 Å². The van der Waals surface area contributed by atoms with Gasteiger partial charge in [0.15, 0.2) is 0 Å². The average Bonchev–Trinajstić information content (AvgIpc) is 2.37. The SMILES string of the molecule is CCCCc1ccc(Nc2cc(C)cc(N)c2)cc1. The van der Waals surface area contributed by atoms with Crippen LogP contribution in [0.4, 0.5) is 17.1 Å². The third kappa shape index (κ3) is 4.02. The van der Waals surface area contributed by atoms with Gasteiger partial charge in [-0.1, -0.05) is 25.5 Å². The number of anilines is 3. The summed E-state index contributed by atoms with van der Waals surface area (Å²) in [5.41, 5.74) is 11.4. The van der Waals surface area contributed by atoms with E-state index < -0.39 is 0 Å². The minimum atomic E-state index is 0.794. The van der Waals surface area contributed by atoms with Gasteiger partial charge >= 0.3 is 0 Å². The quantitative estimate of drug-likeness (QED) is 0.761. The molecule has 0 radical (unpaired) electrons. The monoisotopic (exact) mass is 254 g/mol. The van der Waals surface area contributed by atoms with Crippen molar-refractivity contribution >= 4 is 17.1 Å². The van der Waals surface area contributed by atoms with Crippen molar-refractivity contribution in [2.45, 2.75) is 33.1 Å². The van der Waals surface area contributed by atoms with E-state index in [4.69, 9.17) is 5.73 Å². The minimum Gasteiger partial charge on any atom is -0.399 e. The van der Waals surface area contributed by atoms with Gasteiger partial charge in [0.25, 0.3) is 0 Å². The molecule has 2 heteroatoms. The van der Waals surface area contributed by atoms with Gasteiger partial charge < -0.3 is 11.1 Å². The van der Waals surface area contributed by atoms with E-state index in [1.54, 1.807) is 0 Å². The largest absolute Gasteiger partial charge is 0.399 e. The Bertz CT molecular complexity index is 509. The third-order valence-electron chi connectivity index (χ3n) is 3.16. The Labute approximate surface area is 115 Å². The van der Waals surface area contributed by atoms with Crippen LogP contribution in [-0.2, 0) is 6.42 Å². The molecule has 0 unspecified atom stereocenters. The van der Waals surface area contributed by atoms with Crippen molar-refractivity contribution in [3.05, 3.63) is 53.6 Å². The highest BCUT2D eigenvalue weighted by atomic mass is 14.9. The van der Waals surface area contributed by atoms with Crippen molar-refractivity contribution in [3.63, 3.8) is 0 Å². The number of rotatable bonds is 5. The van der Waals surface area contributed by atoms with Crippen LogP contribution in [0.15, 0.2) is 42.5 Å². The Morgan fingerprint density at radius 2 is 1.74 bits per heavy atom.